The number of fused-ring (bicyclic) bond motifs is 2. The summed E-state index contributed by atoms with van der Waals surface area (Å²) in [5.41, 5.74) is 3.24. The van der Waals surface area contributed by atoms with Gasteiger partial charge in [0.25, 0.3) is 5.91 Å². The van der Waals surface area contributed by atoms with Gasteiger partial charge in [-0.05, 0) is 48.5 Å². The molecule has 4 aromatic rings. The fourth-order valence-electron chi connectivity index (χ4n) is 3.19. The molecule has 0 bridgehead atoms. The van der Waals surface area contributed by atoms with E-state index >= 15 is 0 Å². The van der Waals surface area contributed by atoms with Crippen LogP contribution in [-0.2, 0) is 6.54 Å². The van der Waals surface area contributed by atoms with E-state index in [1.54, 1.807) is 24.1 Å². The van der Waals surface area contributed by atoms with Crippen LogP contribution in [-0.4, -0.2) is 11.6 Å². The third kappa shape index (κ3) is 3.81. The molecule has 1 aliphatic heterocycles. The molecule has 30 heavy (non-hydrogen) atoms. The average molecular weight is 451 g/mol. The van der Waals surface area contributed by atoms with Crippen molar-refractivity contribution in [3.05, 3.63) is 99.1 Å². The summed E-state index contributed by atoms with van der Waals surface area (Å²) < 4.78 is 5.99. The van der Waals surface area contributed by atoms with E-state index in [0.717, 1.165) is 31.6 Å². The highest BCUT2D eigenvalue weighted by Crippen LogP contribution is 2.42. The fourth-order valence-corrected chi connectivity index (χ4v) is 5.25. The molecule has 148 valence electrons. The van der Waals surface area contributed by atoms with Gasteiger partial charge in [0.05, 0.1) is 33.4 Å². The first-order valence-electron chi connectivity index (χ1n) is 9.24. The Morgan fingerprint density at radius 3 is 2.73 bits per heavy atom. The number of rotatable bonds is 4. The second kappa shape index (κ2) is 8.14. The molecular weight excluding hydrogens is 436 g/mol. The Morgan fingerprint density at radius 1 is 1.03 bits per heavy atom. The summed E-state index contributed by atoms with van der Waals surface area (Å²) in [5.74, 6) is 0.538. The lowest BCUT2D eigenvalue weighted by atomic mass is 10.1. The Bertz CT molecular complexity index is 1260. The van der Waals surface area contributed by atoms with Gasteiger partial charge in [0.15, 0.2) is 0 Å². The molecule has 0 radical (unpaired) electrons. The molecule has 0 spiro atoms. The minimum absolute atomic E-state index is 0.170. The molecule has 0 unspecified atom stereocenters. The van der Waals surface area contributed by atoms with Gasteiger partial charge in [-0.15, -0.1) is 11.3 Å². The number of carbonyl (C=O) groups is 1. The first kappa shape index (κ1) is 19.2. The zero-order chi connectivity index (χ0) is 20.5. The second-order valence-electron chi connectivity index (χ2n) is 6.61. The number of carbonyl (C=O) groups excluding carboxylic acids is 1. The van der Waals surface area contributed by atoms with Gasteiger partial charge in [-0.1, -0.05) is 41.6 Å². The van der Waals surface area contributed by atoms with Crippen LogP contribution < -0.4 is 5.32 Å². The van der Waals surface area contributed by atoms with E-state index in [1.807, 2.05) is 48.5 Å². The van der Waals surface area contributed by atoms with Gasteiger partial charge >= 0.3 is 0 Å². The van der Waals surface area contributed by atoms with Gasteiger partial charge in [0.2, 0.25) is 0 Å². The van der Waals surface area contributed by atoms with Crippen molar-refractivity contribution in [3.8, 4) is 0 Å². The second-order valence-corrected chi connectivity index (χ2v) is 9.41. The molecule has 0 saturated carbocycles. The van der Waals surface area contributed by atoms with E-state index in [0.29, 0.717) is 22.2 Å². The minimum Gasteiger partial charge on any atom is -0.467 e. The number of thiophene rings is 1. The molecule has 3 heterocycles. The maximum Gasteiger partial charge on any atom is 0.251 e. The number of benzene rings is 2. The summed E-state index contributed by atoms with van der Waals surface area (Å²) in [7, 11) is 0. The standard InChI is InChI=1S/C23H15ClN2O2S2/c24-21-10-9-20(30-21)22-16-5-1-2-6-18(16)29-19-8-7-14(12-17(19)26-22)23(27)25-13-15-4-3-11-28-15/h1-12H,13H2,(H,25,27). The molecule has 7 heteroatoms. The fraction of sp³-hybridized carbons (Fsp3) is 0.0435. The molecule has 1 N–H and O–H groups in total. The SMILES string of the molecule is O=C(NCc1ccco1)c1ccc2c(c1)N=C(c1ccc(Cl)s1)c1ccccc1S2. The summed E-state index contributed by atoms with van der Waals surface area (Å²) in [5, 5.41) is 2.88. The van der Waals surface area contributed by atoms with Crippen molar-refractivity contribution in [1.82, 2.24) is 5.32 Å². The van der Waals surface area contributed by atoms with Crippen LogP contribution in [0.1, 0.15) is 26.6 Å². The largest absolute Gasteiger partial charge is 0.467 e. The van der Waals surface area contributed by atoms with Gasteiger partial charge in [-0.2, -0.15) is 0 Å². The Balaban J connectivity index is 1.53. The predicted molar refractivity (Wildman–Crippen MR) is 122 cm³/mol. The number of hydrogen-bond donors (Lipinski definition) is 1. The first-order chi connectivity index (χ1) is 14.7. The lowest BCUT2D eigenvalue weighted by Gasteiger charge is -2.07. The normalized spacial score (nSPS) is 12.5. The van der Waals surface area contributed by atoms with E-state index in [1.165, 1.54) is 11.3 Å². The number of nitrogens with zero attached hydrogens (tertiary/aromatic N) is 1. The summed E-state index contributed by atoms with van der Waals surface area (Å²) in [6.07, 6.45) is 1.59. The van der Waals surface area contributed by atoms with E-state index in [-0.39, 0.29) is 5.91 Å². The Morgan fingerprint density at radius 2 is 1.93 bits per heavy atom. The van der Waals surface area contributed by atoms with Crippen molar-refractivity contribution in [2.24, 2.45) is 4.99 Å². The Labute approximate surface area is 186 Å². The van der Waals surface area contributed by atoms with Crippen LogP contribution in [0.5, 0.6) is 0 Å². The molecule has 0 fully saturated rings. The summed E-state index contributed by atoms with van der Waals surface area (Å²) in [6, 6.07) is 21.3. The van der Waals surface area contributed by atoms with Crippen LogP contribution in [0, 0.1) is 0 Å². The number of nitrogens with one attached hydrogen (secondary N) is 1. The zero-order valence-electron chi connectivity index (χ0n) is 15.6. The van der Waals surface area contributed by atoms with Gasteiger partial charge in [0.1, 0.15) is 5.76 Å². The summed E-state index contributed by atoms with van der Waals surface area (Å²) >= 11 is 9.33. The van der Waals surface area contributed by atoms with Crippen molar-refractivity contribution < 1.29 is 9.21 Å². The van der Waals surface area contributed by atoms with Crippen LogP contribution in [0.3, 0.4) is 0 Å². The third-order valence-electron chi connectivity index (χ3n) is 4.63. The summed E-state index contributed by atoms with van der Waals surface area (Å²) in [6.45, 7) is 0.339. The van der Waals surface area contributed by atoms with Crippen LogP contribution in [0.2, 0.25) is 4.34 Å². The van der Waals surface area contributed by atoms with E-state index in [4.69, 9.17) is 21.0 Å². The van der Waals surface area contributed by atoms with E-state index in [9.17, 15) is 4.79 Å². The minimum atomic E-state index is -0.170. The van der Waals surface area contributed by atoms with Crippen LogP contribution in [0.25, 0.3) is 0 Å². The molecule has 0 atom stereocenters. The molecule has 4 nitrogen and oxygen atoms in total. The molecule has 5 rings (SSSR count). The van der Waals surface area contributed by atoms with Gasteiger partial charge in [-0.25, -0.2) is 4.99 Å². The van der Waals surface area contributed by atoms with E-state index < -0.39 is 0 Å². The molecule has 0 saturated heterocycles. The van der Waals surface area contributed by atoms with Crippen molar-refractivity contribution in [2.75, 3.05) is 0 Å². The van der Waals surface area contributed by atoms with Gasteiger partial charge in [0, 0.05) is 20.9 Å². The highest BCUT2D eigenvalue weighted by Gasteiger charge is 2.21. The lowest BCUT2D eigenvalue weighted by molar-refractivity contribution is 0.0948. The van der Waals surface area contributed by atoms with Crippen molar-refractivity contribution >= 4 is 52.0 Å². The van der Waals surface area contributed by atoms with Crippen LogP contribution >= 0.6 is 34.7 Å². The molecule has 2 aromatic heterocycles. The maximum absolute atomic E-state index is 12.7. The lowest BCUT2D eigenvalue weighted by Crippen LogP contribution is -2.22. The van der Waals surface area contributed by atoms with E-state index in [2.05, 4.69) is 17.4 Å². The summed E-state index contributed by atoms with van der Waals surface area (Å²) in [4.78, 5) is 20.7. The highest BCUT2D eigenvalue weighted by atomic mass is 35.5. The molecule has 2 aromatic carbocycles. The number of furan rings is 1. The number of halogens is 1. The monoisotopic (exact) mass is 450 g/mol. The quantitative estimate of drug-likeness (QED) is 0.337. The Kier molecular flexibility index (Phi) is 5.21. The zero-order valence-corrected chi connectivity index (χ0v) is 18.0. The third-order valence-corrected chi connectivity index (χ3v) is 7.00. The molecule has 1 amide bonds. The average Bonchev–Trinajstić information content (AvgIpc) is 3.40. The number of aliphatic imine (C=N–C) groups is 1. The van der Waals surface area contributed by atoms with Gasteiger partial charge in [-0.3, -0.25) is 4.79 Å². The van der Waals surface area contributed by atoms with Gasteiger partial charge < -0.3 is 9.73 Å². The van der Waals surface area contributed by atoms with Crippen molar-refractivity contribution in [3.63, 3.8) is 0 Å². The molecule has 0 aliphatic carbocycles. The predicted octanol–water partition coefficient (Wildman–Crippen LogP) is 6.56. The number of amides is 1. The van der Waals surface area contributed by atoms with Crippen LogP contribution in [0.15, 0.2) is 92.2 Å². The molecular formula is C23H15ClN2O2S2. The highest BCUT2D eigenvalue weighted by molar-refractivity contribution is 7.99. The first-order valence-corrected chi connectivity index (χ1v) is 11.2. The Hall–Kier alpha value is -2.80. The smallest absolute Gasteiger partial charge is 0.251 e. The molecule has 1 aliphatic rings. The van der Waals surface area contributed by atoms with Crippen LogP contribution in [0.4, 0.5) is 5.69 Å². The number of hydrogen-bond acceptors (Lipinski definition) is 5. The maximum atomic E-state index is 12.7. The topological polar surface area (TPSA) is 54.6 Å². The van der Waals surface area contributed by atoms with Crippen molar-refractivity contribution in [1.29, 1.82) is 0 Å². The van der Waals surface area contributed by atoms with Crippen molar-refractivity contribution in [2.45, 2.75) is 16.3 Å².